The molecule has 9 heteroatoms. The number of fused-ring (bicyclic) bond motifs is 1. The number of hydroxylamine groups is 2. The number of imide groups is 1. The summed E-state index contributed by atoms with van der Waals surface area (Å²) in [5.41, 5.74) is -1.18. The molecule has 0 fully saturated rings. The van der Waals surface area contributed by atoms with E-state index in [4.69, 9.17) is 25.8 Å². The number of benzene rings is 1. The highest BCUT2D eigenvalue weighted by molar-refractivity contribution is 6.61. The molecule has 0 unspecified atom stereocenters. The van der Waals surface area contributed by atoms with Gasteiger partial charge in [0.25, 0.3) is 11.8 Å². The first kappa shape index (κ1) is 19.2. The van der Waals surface area contributed by atoms with Crippen LogP contribution < -0.4 is 4.74 Å². The second kappa shape index (κ2) is 9.36. The molecule has 0 spiro atoms. The van der Waals surface area contributed by atoms with E-state index >= 15 is 0 Å². The Labute approximate surface area is 149 Å². The summed E-state index contributed by atoms with van der Waals surface area (Å²) in [4.78, 5) is 39.5. The van der Waals surface area contributed by atoms with E-state index in [9.17, 15) is 14.4 Å². The highest BCUT2D eigenvalue weighted by Crippen LogP contribution is 2.31. The standard InChI is InChI=1S/C16H18ClNO7/c1-2-6-22-7-8-23-9-10-24-12-5-3-4-11-13(12)15(20)18(14(11)19)25-16(17)21/h3-5H,2,6-10H2,1H3. The van der Waals surface area contributed by atoms with Crippen LogP contribution in [-0.2, 0) is 14.3 Å². The summed E-state index contributed by atoms with van der Waals surface area (Å²) >= 11 is 5.07. The molecule has 1 aromatic carbocycles. The largest absolute Gasteiger partial charge is 0.490 e. The molecule has 0 radical (unpaired) electrons. The second-order valence-corrected chi connectivity index (χ2v) is 5.29. The zero-order valence-electron chi connectivity index (χ0n) is 13.7. The average Bonchev–Trinajstić information content (AvgIpc) is 2.82. The lowest BCUT2D eigenvalue weighted by Gasteiger charge is -2.11. The highest BCUT2D eigenvalue weighted by atomic mass is 35.5. The van der Waals surface area contributed by atoms with E-state index in [1.807, 2.05) is 6.92 Å². The van der Waals surface area contributed by atoms with Gasteiger partial charge in [0.15, 0.2) is 0 Å². The van der Waals surface area contributed by atoms with E-state index in [-0.39, 0.29) is 23.5 Å². The van der Waals surface area contributed by atoms with Crippen molar-refractivity contribution in [2.24, 2.45) is 0 Å². The number of carbonyl (C=O) groups is 3. The average molecular weight is 372 g/mol. The first-order valence-electron chi connectivity index (χ1n) is 7.73. The second-order valence-electron chi connectivity index (χ2n) is 4.99. The van der Waals surface area contributed by atoms with Crippen LogP contribution in [0.4, 0.5) is 4.79 Å². The SMILES string of the molecule is CCCOCCOCCOc1cccc2c1C(=O)N(OC(=O)Cl)C2=O. The van der Waals surface area contributed by atoms with Crippen LogP contribution in [0.1, 0.15) is 34.1 Å². The summed E-state index contributed by atoms with van der Waals surface area (Å²) < 4.78 is 16.1. The van der Waals surface area contributed by atoms with Gasteiger partial charge in [-0.05, 0) is 18.6 Å². The molecule has 1 aliphatic rings. The Morgan fingerprint density at radius 1 is 1.04 bits per heavy atom. The third-order valence-corrected chi connectivity index (χ3v) is 3.28. The maximum atomic E-state index is 12.2. The summed E-state index contributed by atoms with van der Waals surface area (Å²) in [6.07, 6.45) is 0.949. The van der Waals surface area contributed by atoms with Crippen LogP contribution in [0.25, 0.3) is 0 Å². The topological polar surface area (TPSA) is 91.4 Å². The summed E-state index contributed by atoms with van der Waals surface area (Å²) in [6.45, 7) is 4.12. The molecule has 2 amide bonds. The van der Waals surface area contributed by atoms with E-state index in [1.54, 1.807) is 12.1 Å². The minimum Gasteiger partial charge on any atom is -0.490 e. The number of amides is 2. The van der Waals surface area contributed by atoms with Crippen molar-refractivity contribution in [1.29, 1.82) is 0 Å². The zero-order valence-corrected chi connectivity index (χ0v) is 14.4. The molecule has 136 valence electrons. The third-order valence-electron chi connectivity index (χ3n) is 3.21. The van der Waals surface area contributed by atoms with Crippen molar-refractivity contribution >= 4 is 28.8 Å². The molecule has 0 bridgehead atoms. The monoisotopic (exact) mass is 371 g/mol. The van der Waals surface area contributed by atoms with Crippen LogP contribution in [0.3, 0.4) is 0 Å². The van der Waals surface area contributed by atoms with E-state index < -0.39 is 17.2 Å². The molecule has 1 heterocycles. The van der Waals surface area contributed by atoms with Crippen molar-refractivity contribution in [2.75, 3.05) is 33.0 Å². The molecular weight excluding hydrogens is 354 g/mol. The van der Waals surface area contributed by atoms with Crippen LogP contribution in [0.2, 0.25) is 0 Å². The van der Waals surface area contributed by atoms with Gasteiger partial charge in [-0.1, -0.05) is 18.1 Å². The fourth-order valence-electron chi connectivity index (χ4n) is 2.18. The normalized spacial score (nSPS) is 13.1. The molecule has 1 aliphatic heterocycles. The van der Waals surface area contributed by atoms with E-state index in [1.165, 1.54) is 6.07 Å². The number of carbonyl (C=O) groups excluding carboxylic acids is 3. The number of halogens is 1. The molecule has 0 saturated heterocycles. The molecular formula is C16H18ClNO7. The van der Waals surface area contributed by atoms with E-state index in [0.717, 1.165) is 6.42 Å². The number of ether oxygens (including phenoxy) is 3. The van der Waals surface area contributed by atoms with Gasteiger partial charge in [0.2, 0.25) is 0 Å². The summed E-state index contributed by atoms with van der Waals surface area (Å²) in [5, 5.41) is 0.314. The Morgan fingerprint density at radius 3 is 2.40 bits per heavy atom. The van der Waals surface area contributed by atoms with E-state index in [0.29, 0.717) is 31.5 Å². The van der Waals surface area contributed by atoms with Crippen LogP contribution in [0, 0.1) is 0 Å². The van der Waals surface area contributed by atoms with Crippen molar-refractivity contribution in [3.8, 4) is 5.75 Å². The predicted molar refractivity (Wildman–Crippen MR) is 86.7 cm³/mol. The predicted octanol–water partition coefficient (Wildman–Crippen LogP) is 2.40. The quantitative estimate of drug-likeness (QED) is 0.354. The maximum absolute atomic E-state index is 12.2. The lowest BCUT2D eigenvalue weighted by molar-refractivity contribution is -0.0356. The van der Waals surface area contributed by atoms with Crippen LogP contribution >= 0.6 is 11.6 Å². The minimum absolute atomic E-state index is 0.0247. The highest BCUT2D eigenvalue weighted by Gasteiger charge is 2.41. The van der Waals surface area contributed by atoms with Gasteiger partial charge in [-0.2, -0.15) is 0 Å². The molecule has 0 aliphatic carbocycles. The molecule has 0 saturated carbocycles. The van der Waals surface area contributed by atoms with Gasteiger partial charge >= 0.3 is 5.43 Å². The fraction of sp³-hybridized carbons (Fsp3) is 0.438. The molecule has 0 aromatic heterocycles. The Kier molecular flexibility index (Phi) is 7.17. The first-order chi connectivity index (χ1) is 12.1. The Balaban J connectivity index is 1.89. The van der Waals surface area contributed by atoms with E-state index in [2.05, 4.69) is 4.84 Å². The molecule has 0 atom stereocenters. The molecule has 0 N–H and O–H groups in total. The van der Waals surface area contributed by atoms with Crippen molar-refractivity contribution < 1.29 is 33.4 Å². The molecule has 25 heavy (non-hydrogen) atoms. The summed E-state index contributed by atoms with van der Waals surface area (Å²) in [7, 11) is 0. The smallest absolute Gasteiger partial charge is 0.428 e. The third kappa shape index (κ3) is 4.91. The van der Waals surface area contributed by atoms with Gasteiger partial charge in [0.1, 0.15) is 12.4 Å². The van der Waals surface area contributed by atoms with Crippen molar-refractivity contribution in [2.45, 2.75) is 13.3 Å². The Bertz CT molecular complexity index is 649. The van der Waals surface area contributed by atoms with Crippen molar-refractivity contribution in [1.82, 2.24) is 5.06 Å². The fourth-order valence-corrected chi connectivity index (χ4v) is 2.25. The summed E-state index contributed by atoms with van der Waals surface area (Å²) in [5.74, 6) is -1.38. The van der Waals surface area contributed by atoms with Crippen molar-refractivity contribution in [3.63, 3.8) is 0 Å². The first-order valence-corrected chi connectivity index (χ1v) is 8.11. The van der Waals surface area contributed by atoms with Crippen LogP contribution in [-0.4, -0.2) is 55.3 Å². The van der Waals surface area contributed by atoms with Gasteiger partial charge < -0.3 is 19.0 Å². The van der Waals surface area contributed by atoms with Crippen LogP contribution in [0.5, 0.6) is 5.75 Å². The lowest BCUT2D eigenvalue weighted by atomic mass is 10.1. The van der Waals surface area contributed by atoms with Crippen LogP contribution in [0.15, 0.2) is 18.2 Å². The summed E-state index contributed by atoms with van der Waals surface area (Å²) in [6, 6.07) is 4.54. The van der Waals surface area contributed by atoms with Crippen molar-refractivity contribution in [3.05, 3.63) is 29.3 Å². The van der Waals surface area contributed by atoms with Gasteiger partial charge in [0.05, 0.1) is 30.9 Å². The van der Waals surface area contributed by atoms with Gasteiger partial charge in [0, 0.05) is 18.2 Å². The lowest BCUT2D eigenvalue weighted by Crippen LogP contribution is -2.30. The zero-order chi connectivity index (χ0) is 18.2. The molecule has 1 aromatic rings. The molecule has 8 nitrogen and oxygen atoms in total. The number of nitrogens with zero attached hydrogens (tertiary/aromatic N) is 1. The molecule has 2 rings (SSSR count). The van der Waals surface area contributed by atoms with Gasteiger partial charge in [-0.15, -0.1) is 0 Å². The minimum atomic E-state index is -1.28. The number of hydrogen-bond acceptors (Lipinski definition) is 7. The number of hydrogen-bond donors (Lipinski definition) is 0. The maximum Gasteiger partial charge on any atom is 0.428 e. The Morgan fingerprint density at radius 2 is 1.72 bits per heavy atom. The van der Waals surface area contributed by atoms with Gasteiger partial charge in [-0.25, -0.2) is 4.79 Å². The number of rotatable bonds is 10. The van der Waals surface area contributed by atoms with Gasteiger partial charge in [-0.3, -0.25) is 9.59 Å². The Hall–Kier alpha value is -2.16.